The van der Waals surface area contributed by atoms with Crippen LogP contribution in [0.4, 0.5) is 0 Å². The van der Waals surface area contributed by atoms with Gasteiger partial charge in [-0.1, -0.05) is 5.16 Å². The van der Waals surface area contributed by atoms with Crippen LogP contribution in [0.25, 0.3) is 0 Å². The summed E-state index contributed by atoms with van der Waals surface area (Å²) in [7, 11) is 1.39. The molecule has 0 aliphatic heterocycles. The Balaban J connectivity index is 3.07. The molecular weight excluding hydrogens is 226 g/mol. The van der Waals surface area contributed by atoms with E-state index in [1.165, 1.54) is 32.2 Å². The number of oxime groups is 1. The van der Waals surface area contributed by atoms with Crippen LogP contribution in [0.2, 0.25) is 0 Å². The highest BCUT2D eigenvalue weighted by Crippen LogP contribution is 2.28. The number of ketones is 1. The van der Waals surface area contributed by atoms with Crippen molar-refractivity contribution in [1.29, 1.82) is 0 Å². The van der Waals surface area contributed by atoms with Gasteiger partial charge in [0.05, 0.1) is 7.11 Å². The minimum absolute atomic E-state index is 0.220. The first-order chi connectivity index (χ1) is 8.08. The Hall–Kier alpha value is -2.37. The van der Waals surface area contributed by atoms with Gasteiger partial charge < -0.3 is 14.7 Å². The number of benzene rings is 1. The van der Waals surface area contributed by atoms with Crippen LogP contribution >= 0.6 is 0 Å². The molecule has 6 heteroatoms. The molecule has 0 amide bonds. The van der Waals surface area contributed by atoms with E-state index in [4.69, 9.17) is 14.7 Å². The third-order valence-corrected chi connectivity index (χ3v) is 1.88. The van der Waals surface area contributed by atoms with E-state index in [1.54, 1.807) is 0 Å². The van der Waals surface area contributed by atoms with E-state index in [9.17, 15) is 9.59 Å². The lowest BCUT2D eigenvalue weighted by molar-refractivity contribution is -0.132. The SMILES string of the molecule is COc1cc(C(=O)C=NO)ccc1OC(C)=O. The summed E-state index contributed by atoms with van der Waals surface area (Å²) in [5.41, 5.74) is 0.260. The second-order valence-corrected chi connectivity index (χ2v) is 3.07. The van der Waals surface area contributed by atoms with Crippen molar-refractivity contribution in [1.82, 2.24) is 0 Å². The average Bonchev–Trinajstić information content (AvgIpc) is 2.29. The van der Waals surface area contributed by atoms with Gasteiger partial charge in [0.2, 0.25) is 5.78 Å². The molecule has 0 bridgehead atoms. The van der Waals surface area contributed by atoms with Crippen molar-refractivity contribution in [3.05, 3.63) is 23.8 Å². The Morgan fingerprint density at radius 1 is 1.35 bits per heavy atom. The van der Waals surface area contributed by atoms with Crippen molar-refractivity contribution in [3.63, 3.8) is 0 Å². The molecule has 0 spiro atoms. The number of hydrogen-bond acceptors (Lipinski definition) is 6. The maximum Gasteiger partial charge on any atom is 0.308 e. The molecule has 0 aromatic heterocycles. The fraction of sp³-hybridized carbons (Fsp3) is 0.182. The number of carbonyl (C=O) groups is 2. The van der Waals surface area contributed by atoms with E-state index in [2.05, 4.69) is 5.16 Å². The molecule has 1 aromatic carbocycles. The molecule has 17 heavy (non-hydrogen) atoms. The van der Waals surface area contributed by atoms with Crippen LogP contribution in [0.15, 0.2) is 23.4 Å². The first-order valence-electron chi connectivity index (χ1n) is 4.66. The van der Waals surface area contributed by atoms with Gasteiger partial charge in [-0.15, -0.1) is 0 Å². The van der Waals surface area contributed by atoms with Gasteiger partial charge in [0.25, 0.3) is 0 Å². The predicted molar refractivity (Wildman–Crippen MR) is 58.9 cm³/mol. The third kappa shape index (κ3) is 3.30. The topological polar surface area (TPSA) is 85.2 Å². The summed E-state index contributed by atoms with van der Waals surface area (Å²) < 4.78 is 9.85. The molecule has 0 fully saturated rings. The second kappa shape index (κ2) is 5.64. The average molecular weight is 237 g/mol. The van der Waals surface area contributed by atoms with E-state index < -0.39 is 11.8 Å². The number of esters is 1. The van der Waals surface area contributed by atoms with Gasteiger partial charge in [-0.25, -0.2) is 0 Å². The van der Waals surface area contributed by atoms with Crippen LogP contribution < -0.4 is 9.47 Å². The largest absolute Gasteiger partial charge is 0.493 e. The maximum absolute atomic E-state index is 11.4. The van der Waals surface area contributed by atoms with Gasteiger partial charge in [-0.3, -0.25) is 9.59 Å². The molecule has 0 aliphatic carbocycles. The van der Waals surface area contributed by atoms with E-state index >= 15 is 0 Å². The molecule has 1 rings (SSSR count). The molecule has 0 saturated carbocycles. The molecule has 0 aliphatic rings. The molecule has 1 aromatic rings. The lowest BCUT2D eigenvalue weighted by Crippen LogP contribution is -2.05. The Bertz CT molecular complexity index is 467. The zero-order valence-electron chi connectivity index (χ0n) is 9.34. The normalized spacial score (nSPS) is 10.2. The Labute approximate surface area is 97.4 Å². The first-order valence-corrected chi connectivity index (χ1v) is 4.66. The summed E-state index contributed by atoms with van der Waals surface area (Å²) in [4.78, 5) is 22.2. The van der Waals surface area contributed by atoms with Gasteiger partial charge >= 0.3 is 5.97 Å². The summed E-state index contributed by atoms with van der Waals surface area (Å²) in [6, 6.07) is 4.26. The van der Waals surface area contributed by atoms with E-state index in [1.807, 2.05) is 0 Å². The molecule has 1 N–H and O–H groups in total. The fourth-order valence-electron chi connectivity index (χ4n) is 1.19. The van der Waals surface area contributed by atoms with Gasteiger partial charge in [-0.2, -0.15) is 0 Å². The zero-order chi connectivity index (χ0) is 12.8. The van der Waals surface area contributed by atoms with Crippen molar-refractivity contribution >= 4 is 18.0 Å². The highest BCUT2D eigenvalue weighted by molar-refractivity contribution is 6.35. The van der Waals surface area contributed by atoms with Crippen LogP contribution in [-0.2, 0) is 4.79 Å². The zero-order valence-corrected chi connectivity index (χ0v) is 9.34. The van der Waals surface area contributed by atoms with Crippen LogP contribution in [0.3, 0.4) is 0 Å². The number of Topliss-reactive ketones (excluding diaryl/α,β-unsaturated/α-hetero) is 1. The lowest BCUT2D eigenvalue weighted by atomic mass is 10.1. The first kappa shape index (κ1) is 12.7. The van der Waals surface area contributed by atoms with Gasteiger partial charge in [0.15, 0.2) is 11.5 Å². The molecule has 0 heterocycles. The third-order valence-electron chi connectivity index (χ3n) is 1.88. The maximum atomic E-state index is 11.4. The van der Waals surface area contributed by atoms with Crippen molar-refractivity contribution in [3.8, 4) is 11.5 Å². The quantitative estimate of drug-likeness (QED) is 0.213. The number of carbonyl (C=O) groups excluding carboxylic acids is 2. The number of rotatable bonds is 4. The van der Waals surface area contributed by atoms with Gasteiger partial charge in [0.1, 0.15) is 6.21 Å². The Morgan fingerprint density at radius 2 is 2.06 bits per heavy atom. The Kier molecular flexibility index (Phi) is 4.21. The Morgan fingerprint density at radius 3 is 2.59 bits per heavy atom. The van der Waals surface area contributed by atoms with Crippen molar-refractivity contribution < 1.29 is 24.3 Å². The number of ether oxygens (including phenoxy) is 2. The number of nitrogens with zero attached hydrogens (tertiary/aromatic N) is 1. The monoisotopic (exact) mass is 237 g/mol. The summed E-state index contributed by atoms with van der Waals surface area (Å²) >= 11 is 0. The van der Waals surface area contributed by atoms with Crippen LogP contribution in [0.1, 0.15) is 17.3 Å². The summed E-state index contributed by atoms with van der Waals surface area (Å²) in [5.74, 6) is -0.505. The molecule has 6 nitrogen and oxygen atoms in total. The minimum atomic E-state index is -0.487. The molecule has 0 atom stereocenters. The molecule has 0 unspecified atom stereocenters. The highest BCUT2D eigenvalue weighted by atomic mass is 16.6. The van der Waals surface area contributed by atoms with Crippen molar-refractivity contribution in [2.75, 3.05) is 7.11 Å². The second-order valence-electron chi connectivity index (χ2n) is 3.07. The standard InChI is InChI=1S/C11H11NO5/c1-7(13)17-10-4-3-8(5-11(10)16-2)9(14)6-12-15/h3-6,15H,1-2H3. The van der Waals surface area contributed by atoms with Crippen LogP contribution in [0, 0.1) is 0 Å². The van der Waals surface area contributed by atoms with Crippen LogP contribution in [0.5, 0.6) is 11.5 Å². The molecule has 0 saturated heterocycles. The van der Waals surface area contributed by atoms with Crippen molar-refractivity contribution in [2.24, 2.45) is 5.16 Å². The summed E-state index contributed by atoms with van der Waals surface area (Å²) in [6.07, 6.45) is 0.764. The molecular formula is C11H11NO5. The lowest BCUT2D eigenvalue weighted by Gasteiger charge is -2.08. The van der Waals surface area contributed by atoms with E-state index in [0.717, 1.165) is 6.21 Å². The number of hydrogen-bond donors (Lipinski definition) is 1. The van der Waals surface area contributed by atoms with Crippen molar-refractivity contribution in [2.45, 2.75) is 6.92 Å². The fourth-order valence-corrected chi connectivity index (χ4v) is 1.19. The molecule has 0 radical (unpaired) electrons. The summed E-state index contributed by atoms with van der Waals surface area (Å²) in [5, 5.41) is 10.9. The predicted octanol–water partition coefficient (Wildman–Crippen LogP) is 1.26. The van der Waals surface area contributed by atoms with E-state index in [0.29, 0.717) is 0 Å². The summed E-state index contributed by atoms with van der Waals surface area (Å²) in [6.45, 7) is 1.26. The van der Waals surface area contributed by atoms with Crippen LogP contribution in [-0.4, -0.2) is 30.3 Å². The molecule has 90 valence electrons. The minimum Gasteiger partial charge on any atom is -0.493 e. The van der Waals surface area contributed by atoms with E-state index in [-0.39, 0.29) is 17.1 Å². The highest BCUT2D eigenvalue weighted by Gasteiger charge is 2.11. The number of methoxy groups -OCH3 is 1. The van der Waals surface area contributed by atoms with Gasteiger partial charge in [0, 0.05) is 12.5 Å². The van der Waals surface area contributed by atoms with Gasteiger partial charge in [-0.05, 0) is 18.2 Å². The smallest absolute Gasteiger partial charge is 0.308 e.